The molecule has 4 rings (SSSR count). The Balaban J connectivity index is 1.79. The lowest BCUT2D eigenvalue weighted by Crippen LogP contribution is -2.32. The van der Waals surface area contributed by atoms with Crippen LogP contribution in [0.2, 0.25) is 10.0 Å². The van der Waals surface area contributed by atoms with Gasteiger partial charge in [-0.15, -0.1) is 24.0 Å². The summed E-state index contributed by atoms with van der Waals surface area (Å²) >= 11 is 17.4. The van der Waals surface area contributed by atoms with Crippen LogP contribution < -0.4 is 16.1 Å². The minimum Gasteiger partial charge on any atom is -0.333 e. The number of nitrogens with one attached hydrogen (secondary N) is 1. The van der Waals surface area contributed by atoms with E-state index < -0.39 is 15.6 Å². The molecule has 31 heavy (non-hydrogen) atoms. The van der Waals surface area contributed by atoms with Crippen LogP contribution in [0.15, 0.2) is 57.1 Å². The first kappa shape index (κ1) is 22.0. The molecule has 4 aromatic rings. The topological polar surface area (TPSA) is 107 Å². The number of aromatic nitrogens is 2. The third-order valence-electron chi connectivity index (χ3n) is 4.46. The highest BCUT2D eigenvalue weighted by Crippen LogP contribution is 2.33. The smallest absolute Gasteiger partial charge is 0.291 e. The molecule has 0 fully saturated rings. The molecule has 0 bridgehead atoms. The van der Waals surface area contributed by atoms with Crippen molar-refractivity contribution in [3.05, 3.63) is 68.4 Å². The van der Waals surface area contributed by atoms with Crippen LogP contribution in [-0.2, 0) is 10.0 Å². The van der Waals surface area contributed by atoms with E-state index in [0.717, 1.165) is 10.4 Å². The van der Waals surface area contributed by atoms with Gasteiger partial charge in [-0.2, -0.15) is 4.68 Å². The van der Waals surface area contributed by atoms with Crippen molar-refractivity contribution in [1.29, 1.82) is 0 Å². The number of thiophene rings is 1. The maximum absolute atomic E-state index is 12.9. The maximum atomic E-state index is 12.9. The second-order valence-corrected chi connectivity index (χ2v) is 10.6. The molecule has 2 aromatic heterocycles. The summed E-state index contributed by atoms with van der Waals surface area (Å²) in [5.74, 6) is 5.54. The largest absolute Gasteiger partial charge is 0.333 e. The number of aryl methyl sites for hydroxylation is 1. The Kier molecular flexibility index (Phi) is 5.69. The van der Waals surface area contributed by atoms with Crippen molar-refractivity contribution >= 4 is 73.4 Å². The first-order valence-electron chi connectivity index (χ1n) is 8.66. The van der Waals surface area contributed by atoms with Crippen molar-refractivity contribution in [3.8, 4) is 10.4 Å². The number of sulfonamides is 1. The highest BCUT2D eigenvalue weighted by atomic mass is 35.5. The number of nitrogens with two attached hydrogens (primary N) is 1. The normalized spacial score (nSPS) is 11.7. The lowest BCUT2D eigenvalue weighted by molar-refractivity contribution is 0.598. The molecule has 0 atom stereocenters. The van der Waals surface area contributed by atoms with Crippen LogP contribution in [0.1, 0.15) is 5.56 Å². The van der Waals surface area contributed by atoms with Gasteiger partial charge in [0.05, 0.1) is 5.52 Å². The summed E-state index contributed by atoms with van der Waals surface area (Å²) in [6.07, 6.45) is 0. The molecule has 0 aliphatic rings. The highest BCUT2D eigenvalue weighted by Gasteiger charge is 2.22. The third-order valence-corrected chi connectivity index (χ3v) is 8.17. The molecule has 0 spiro atoms. The van der Waals surface area contributed by atoms with Crippen molar-refractivity contribution in [3.63, 3.8) is 0 Å². The Bertz CT molecular complexity index is 1500. The van der Waals surface area contributed by atoms with Crippen LogP contribution in [0.3, 0.4) is 0 Å². The fourth-order valence-electron chi connectivity index (χ4n) is 2.85. The summed E-state index contributed by atoms with van der Waals surface area (Å²) in [5, 5.41) is 0.970. The van der Waals surface area contributed by atoms with Crippen molar-refractivity contribution in [2.24, 2.45) is 0 Å². The number of halogens is 2. The number of benzene rings is 2. The van der Waals surface area contributed by atoms with E-state index in [1.807, 2.05) is 12.1 Å². The Morgan fingerprint density at radius 1 is 1.16 bits per heavy atom. The lowest BCUT2D eigenvalue weighted by atomic mass is 10.2. The summed E-state index contributed by atoms with van der Waals surface area (Å²) in [5.41, 5.74) is 1.14. The van der Waals surface area contributed by atoms with E-state index >= 15 is 0 Å². The molecule has 0 unspecified atom stereocenters. The minimum atomic E-state index is -4.14. The standard InChI is InChI=1S/C19H14Cl2N4O3S3/c1-9-6-16(14(29)7-12(9)21)31(27,28)24-19-23-13-8-15(10-2-4-11(20)5-3-10)30-17(13)18(26)25(19)22/h2-8,29H,22H2,1H3,(H,23,24). The predicted molar refractivity (Wildman–Crippen MR) is 129 cm³/mol. The summed E-state index contributed by atoms with van der Waals surface area (Å²) in [6.45, 7) is 1.67. The number of nitrogen functional groups attached to an aromatic ring is 1. The minimum absolute atomic E-state index is 0.112. The first-order valence-corrected chi connectivity index (χ1v) is 12.2. The zero-order valence-electron chi connectivity index (χ0n) is 15.8. The Morgan fingerprint density at radius 2 is 1.84 bits per heavy atom. The summed E-state index contributed by atoms with van der Waals surface area (Å²) in [6, 6.07) is 11.6. The van der Waals surface area contributed by atoms with Crippen LogP contribution >= 0.6 is 47.2 Å². The van der Waals surface area contributed by atoms with Crippen LogP contribution in [0.4, 0.5) is 5.95 Å². The van der Waals surface area contributed by atoms with Crippen molar-refractivity contribution in [2.75, 3.05) is 10.6 Å². The van der Waals surface area contributed by atoms with Gasteiger partial charge < -0.3 is 5.84 Å². The van der Waals surface area contributed by atoms with Gasteiger partial charge in [0.1, 0.15) is 9.60 Å². The highest BCUT2D eigenvalue weighted by molar-refractivity contribution is 7.93. The second kappa shape index (κ2) is 8.03. The molecule has 0 amide bonds. The molecule has 3 N–H and O–H groups in total. The first-order chi connectivity index (χ1) is 14.6. The van der Waals surface area contributed by atoms with E-state index in [1.165, 1.54) is 23.5 Å². The zero-order chi connectivity index (χ0) is 22.5. The van der Waals surface area contributed by atoms with Gasteiger partial charge in [0.15, 0.2) is 0 Å². The Hall–Kier alpha value is -2.24. The fraction of sp³-hybridized carbons (Fsp3) is 0.0526. The van der Waals surface area contributed by atoms with Crippen LogP contribution in [0.5, 0.6) is 0 Å². The fourth-order valence-corrected chi connectivity index (χ4v) is 5.97. The summed E-state index contributed by atoms with van der Waals surface area (Å²) in [7, 11) is -4.14. The van der Waals surface area contributed by atoms with Crippen molar-refractivity contribution < 1.29 is 8.42 Å². The molecule has 2 heterocycles. The summed E-state index contributed by atoms with van der Waals surface area (Å²) < 4.78 is 29.1. The quantitative estimate of drug-likeness (QED) is 0.274. The van der Waals surface area contributed by atoms with Gasteiger partial charge in [0.2, 0.25) is 5.95 Å². The Morgan fingerprint density at radius 3 is 2.52 bits per heavy atom. The van der Waals surface area contributed by atoms with Gasteiger partial charge in [-0.25, -0.2) is 18.1 Å². The van der Waals surface area contributed by atoms with Crippen molar-refractivity contribution in [1.82, 2.24) is 9.66 Å². The third kappa shape index (κ3) is 4.13. The van der Waals surface area contributed by atoms with Crippen molar-refractivity contribution in [2.45, 2.75) is 16.7 Å². The van der Waals surface area contributed by atoms with Crippen LogP contribution in [-0.4, -0.2) is 18.1 Å². The van der Waals surface area contributed by atoms with E-state index in [2.05, 4.69) is 22.3 Å². The summed E-state index contributed by atoms with van der Waals surface area (Å²) in [4.78, 5) is 17.8. The number of anilines is 1. The monoisotopic (exact) mass is 512 g/mol. The number of fused-ring (bicyclic) bond motifs is 1. The van der Waals surface area contributed by atoms with Gasteiger partial charge in [-0.05, 0) is 48.4 Å². The van der Waals surface area contributed by atoms with Crippen LogP contribution in [0.25, 0.3) is 20.7 Å². The number of nitrogens with zero attached hydrogens (tertiary/aromatic N) is 2. The van der Waals surface area contributed by atoms with E-state index in [1.54, 1.807) is 25.1 Å². The Labute approximate surface area is 196 Å². The average Bonchev–Trinajstić information content (AvgIpc) is 3.13. The van der Waals surface area contributed by atoms with Crippen LogP contribution in [0, 0.1) is 6.92 Å². The molecular formula is C19H14Cl2N4O3S3. The number of hydrogen-bond acceptors (Lipinski definition) is 7. The van der Waals surface area contributed by atoms with E-state index in [4.69, 9.17) is 29.0 Å². The molecule has 12 heteroatoms. The molecule has 2 aromatic carbocycles. The van der Waals surface area contributed by atoms with E-state index in [9.17, 15) is 13.2 Å². The molecule has 7 nitrogen and oxygen atoms in total. The van der Waals surface area contributed by atoms with E-state index in [0.29, 0.717) is 30.5 Å². The lowest BCUT2D eigenvalue weighted by Gasteiger charge is -2.13. The predicted octanol–water partition coefficient (Wildman–Crippen LogP) is 4.54. The molecule has 160 valence electrons. The number of rotatable bonds is 4. The zero-order valence-corrected chi connectivity index (χ0v) is 19.8. The molecule has 0 aliphatic heterocycles. The van der Waals surface area contributed by atoms with Gasteiger partial charge in [-0.1, -0.05) is 35.3 Å². The average molecular weight is 513 g/mol. The van der Waals surface area contributed by atoms with Gasteiger partial charge in [0, 0.05) is 19.8 Å². The number of thiol groups is 1. The molecular weight excluding hydrogens is 499 g/mol. The van der Waals surface area contributed by atoms with Gasteiger partial charge >= 0.3 is 0 Å². The molecule has 0 aliphatic carbocycles. The van der Waals surface area contributed by atoms with Gasteiger partial charge in [-0.3, -0.25) is 4.79 Å². The maximum Gasteiger partial charge on any atom is 0.291 e. The van der Waals surface area contributed by atoms with E-state index in [-0.39, 0.29) is 15.7 Å². The van der Waals surface area contributed by atoms with Gasteiger partial charge in [0.25, 0.3) is 15.6 Å². The number of hydrogen-bond donors (Lipinski definition) is 3. The molecule has 0 radical (unpaired) electrons. The molecule has 0 saturated carbocycles. The SMILES string of the molecule is Cc1cc(S(=O)(=O)Nc2nc3cc(-c4ccc(Cl)cc4)sc3c(=O)n2N)c(S)cc1Cl. The molecule has 0 saturated heterocycles. The second-order valence-electron chi connectivity index (χ2n) is 6.62.